The van der Waals surface area contributed by atoms with Crippen molar-refractivity contribution in [1.82, 2.24) is 0 Å². The first-order chi connectivity index (χ1) is 10.1. The van der Waals surface area contributed by atoms with Crippen LogP contribution in [0.5, 0.6) is 11.5 Å². The third-order valence-electron chi connectivity index (χ3n) is 3.85. The van der Waals surface area contributed by atoms with Crippen LogP contribution in [0.25, 0.3) is 0 Å². The highest BCUT2D eigenvalue weighted by Gasteiger charge is 2.13. The molecule has 1 atom stereocenters. The lowest BCUT2D eigenvalue weighted by atomic mass is 9.97. The number of hydrogen-bond acceptors (Lipinski definition) is 2. The fourth-order valence-corrected chi connectivity index (χ4v) is 3.31. The van der Waals surface area contributed by atoms with Gasteiger partial charge in [0.1, 0.15) is 0 Å². The summed E-state index contributed by atoms with van der Waals surface area (Å²) < 4.78 is 10.6. The van der Waals surface area contributed by atoms with Gasteiger partial charge in [0.05, 0.1) is 14.2 Å². The first-order valence-corrected chi connectivity index (χ1v) is 7.89. The van der Waals surface area contributed by atoms with Gasteiger partial charge in [0.2, 0.25) is 0 Å². The van der Waals surface area contributed by atoms with Crippen molar-refractivity contribution in [1.29, 1.82) is 0 Å². The Morgan fingerprint density at radius 1 is 1.00 bits per heavy atom. The zero-order valence-corrected chi connectivity index (χ0v) is 14.5. The number of methoxy groups -OCH3 is 2. The van der Waals surface area contributed by atoms with Crippen LogP contribution in [-0.2, 0) is 6.42 Å². The van der Waals surface area contributed by atoms with Gasteiger partial charge in [-0.2, -0.15) is 0 Å². The van der Waals surface area contributed by atoms with Crippen LogP contribution in [0.4, 0.5) is 0 Å². The number of ether oxygens (including phenoxy) is 2. The number of alkyl halides is 1. The quantitative estimate of drug-likeness (QED) is 0.708. The van der Waals surface area contributed by atoms with Crippen LogP contribution in [0.2, 0.25) is 0 Å². The van der Waals surface area contributed by atoms with E-state index in [2.05, 4.69) is 54.0 Å². The van der Waals surface area contributed by atoms with Gasteiger partial charge in [0, 0.05) is 4.83 Å². The summed E-state index contributed by atoms with van der Waals surface area (Å²) in [6, 6.07) is 12.5. The summed E-state index contributed by atoms with van der Waals surface area (Å²) in [6.07, 6.45) is 0.907. The van der Waals surface area contributed by atoms with Gasteiger partial charge < -0.3 is 9.47 Å². The molecule has 2 aromatic rings. The van der Waals surface area contributed by atoms with E-state index < -0.39 is 0 Å². The van der Waals surface area contributed by atoms with Crippen molar-refractivity contribution < 1.29 is 9.47 Å². The maximum Gasteiger partial charge on any atom is 0.160 e. The molecule has 0 saturated carbocycles. The smallest absolute Gasteiger partial charge is 0.160 e. The maximum atomic E-state index is 5.37. The van der Waals surface area contributed by atoms with E-state index in [0.717, 1.165) is 17.9 Å². The van der Waals surface area contributed by atoms with Crippen LogP contribution in [0.1, 0.15) is 27.1 Å². The molecule has 0 N–H and O–H groups in total. The Hall–Kier alpha value is -1.48. The lowest BCUT2D eigenvalue weighted by Crippen LogP contribution is -2.00. The molecule has 0 saturated heterocycles. The highest BCUT2D eigenvalue weighted by atomic mass is 79.9. The van der Waals surface area contributed by atoms with Crippen LogP contribution in [-0.4, -0.2) is 14.2 Å². The van der Waals surface area contributed by atoms with Crippen LogP contribution in [0, 0.1) is 13.8 Å². The molecule has 0 amide bonds. The Morgan fingerprint density at radius 2 is 1.71 bits per heavy atom. The number of benzene rings is 2. The fraction of sp³-hybridized carbons (Fsp3) is 0.333. The number of hydrogen-bond donors (Lipinski definition) is 0. The molecule has 1 unspecified atom stereocenters. The number of halogens is 1. The van der Waals surface area contributed by atoms with Crippen LogP contribution in [0.3, 0.4) is 0 Å². The predicted molar refractivity (Wildman–Crippen MR) is 90.8 cm³/mol. The minimum atomic E-state index is 0.288. The van der Waals surface area contributed by atoms with Gasteiger partial charge >= 0.3 is 0 Å². The summed E-state index contributed by atoms with van der Waals surface area (Å²) >= 11 is 3.82. The van der Waals surface area contributed by atoms with Gasteiger partial charge in [-0.1, -0.05) is 40.2 Å². The molecule has 3 heteroatoms. The average molecular weight is 349 g/mol. The molecular weight excluding hydrogens is 328 g/mol. The lowest BCUT2D eigenvalue weighted by Gasteiger charge is -2.16. The van der Waals surface area contributed by atoms with Crippen molar-refractivity contribution in [3.05, 3.63) is 58.7 Å². The first kappa shape index (κ1) is 15.9. The second-order valence-corrected chi connectivity index (χ2v) is 6.26. The standard InChI is InChI=1S/C18H21BrO2/c1-12-6-5-7-15(13(12)2)16(19)10-14-8-9-17(20-3)18(11-14)21-4/h5-9,11,16H,10H2,1-4H3. The molecule has 0 aliphatic rings. The molecule has 0 heterocycles. The van der Waals surface area contributed by atoms with E-state index in [4.69, 9.17) is 9.47 Å². The van der Waals surface area contributed by atoms with Gasteiger partial charge in [-0.3, -0.25) is 0 Å². The summed E-state index contributed by atoms with van der Waals surface area (Å²) in [5.74, 6) is 1.54. The molecule has 0 bridgehead atoms. The molecule has 2 rings (SSSR count). The van der Waals surface area contributed by atoms with Gasteiger partial charge in [-0.25, -0.2) is 0 Å². The predicted octanol–water partition coefficient (Wildman–Crippen LogP) is 5.00. The van der Waals surface area contributed by atoms with E-state index in [-0.39, 0.29) is 4.83 Å². The zero-order valence-electron chi connectivity index (χ0n) is 12.9. The Labute approximate surface area is 135 Å². The molecule has 2 nitrogen and oxygen atoms in total. The number of aryl methyl sites for hydroxylation is 1. The van der Waals surface area contributed by atoms with Crippen LogP contribution >= 0.6 is 15.9 Å². The summed E-state index contributed by atoms with van der Waals surface area (Å²) in [6.45, 7) is 4.32. The largest absolute Gasteiger partial charge is 0.493 e. The summed E-state index contributed by atoms with van der Waals surface area (Å²) in [4.78, 5) is 0.288. The van der Waals surface area contributed by atoms with Crippen LogP contribution in [0.15, 0.2) is 36.4 Å². The second-order valence-electron chi connectivity index (χ2n) is 5.15. The highest BCUT2D eigenvalue weighted by molar-refractivity contribution is 9.09. The molecule has 0 radical (unpaired) electrons. The monoisotopic (exact) mass is 348 g/mol. The van der Waals surface area contributed by atoms with E-state index in [1.165, 1.54) is 22.3 Å². The summed E-state index contributed by atoms with van der Waals surface area (Å²) in [5, 5.41) is 0. The third-order valence-corrected chi connectivity index (χ3v) is 4.66. The van der Waals surface area contributed by atoms with E-state index in [1.807, 2.05) is 12.1 Å². The molecule has 0 spiro atoms. The van der Waals surface area contributed by atoms with Gasteiger partial charge in [-0.15, -0.1) is 0 Å². The summed E-state index contributed by atoms with van der Waals surface area (Å²) in [7, 11) is 3.32. The molecular formula is C18H21BrO2. The van der Waals surface area contributed by atoms with E-state index in [0.29, 0.717) is 0 Å². The molecule has 21 heavy (non-hydrogen) atoms. The van der Waals surface area contributed by atoms with E-state index >= 15 is 0 Å². The average Bonchev–Trinajstić information content (AvgIpc) is 2.49. The van der Waals surface area contributed by atoms with Crippen molar-refractivity contribution in [3.8, 4) is 11.5 Å². The van der Waals surface area contributed by atoms with Gasteiger partial charge in [0.25, 0.3) is 0 Å². The molecule has 0 fully saturated rings. The molecule has 0 aromatic heterocycles. The highest BCUT2D eigenvalue weighted by Crippen LogP contribution is 2.34. The van der Waals surface area contributed by atoms with E-state index in [9.17, 15) is 0 Å². The SMILES string of the molecule is COc1ccc(CC(Br)c2cccc(C)c2C)cc1OC. The molecule has 112 valence electrons. The molecule has 2 aromatic carbocycles. The van der Waals surface area contributed by atoms with Crippen molar-refractivity contribution in [3.63, 3.8) is 0 Å². The van der Waals surface area contributed by atoms with Gasteiger partial charge in [0.15, 0.2) is 11.5 Å². The fourth-order valence-electron chi connectivity index (χ4n) is 2.44. The minimum absolute atomic E-state index is 0.288. The molecule has 0 aliphatic carbocycles. The lowest BCUT2D eigenvalue weighted by molar-refractivity contribution is 0.354. The third kappa shape index (κ3) is 3.59. The normalized spacial score (nSPS) is 12.0. The minimum Gasteiger partial charge on any atom is -0.493 e. The topological polar surface area (TPSA) is 18.5 Å². The van der Waals surface area contributed by atoms with Gasteiger partial charge in [-0.05, 0) is 54.7 Å². The Morgan fingerprint density at radius 3 is 2.38 bits per heavy atom. The van der Waals surface area contributed by atoms with E-state index in [1.54, 1.807) is 14.2 Å². The second kappa shape index (κ2) is 6.99. The Bertz CT molecular complexity index is 623. The number of rotatable bonds is 5. The van der Waals surface area contributed by atoms with Crippen molar-refractivity contribution in [2.24, 2.45) is 0 Å². The summed E-state index contributed by atoms with van der Waals surface area (Å²) in [5.41, 5.74) is 5.23. The Balaban J connectivity index is 2.23. The van der Waals surface area contributed by atoms with Crippen molar-refractivity contribution in [2.75, 3.05) is 14.2 Å². The maximum absolute atomic E-state index is 5.37. The first-order valence-electron chi connectivity index (χ1n) is 6.98. The van der Waals surface area contributed by atoms with Crippen molar-refractivity contribution >= 4 is 15.9 Å². The van der Waals surface area contributed by atoms with Crippen LogP contribution < -0.4 is 9.47 Å². The van der Waals surface area contributed by atoms with Crippen molar-refractivity contribution in [2.45, 2.75) is 25.1 Å². The molecule has 0 aliphatic heterocycles. The zero-order chi connectivity index (χ0) is 15.4. The Kier molecular flexibility index (Phi) is 5.29.